The van der Waals surface area contributed by atoms with Gasteiger partial charge in [0.05, 0.1) is 0 Å². The van der Waals surface area contributed by atoms with Crippen LogP contribution in [0.1, 0.15) is 65.2 Å². The van der Waals surface area contributed by atoms with Crippen LogP contribution in [0.5, 0.6) is 0 Å². The average molecular weight is 256 g/mol. The van der Waals surface area contributed by atoms with Gasteiger partial charge in [-0.2, -0.15) is 0 Å². The molecule has 0 atom stereocenters. The third-order valence-electron chi connectivity index (χ3n) is 3.97. The highest BCUT2D eigenvalue weighted by Gasteiger charge is 2.37. The molecule has 0 aromatic rings. The molecular formula is C14H28O2Si. The lowest BCUT2D eigenvalue weighted by Crippen LogP contribution is -2.41. The van der Waals surface area contributed by atoms with Gasteiger partial charge in [-0.3, -0.25) is 4.79 Å². The Hall–Kier alpha value is -0.313. The molecule has 17 heavy (non-hydrogen) atoms. The van der Waals surface area contributed by atoms with E-state index in [1.807, 2.05) is 0 Å². The average Bonchev–Trinajstić information content (AvgIpc) is 2.36. The molecule has 3 heteroatoms. The molecule has 0 radical (unpaired) electrons. The van der Waals surface area contributed by atoms with Gasteiger partial charge in [0.15, 0.2) is 0 Å². The number of rotatable bonds is 7. The third kappa shape index (κ3) is 5.24. The van der Waals surface area contributed by atoms with Gasteiger partial charge in [0.25, 0.3) is 14.3 Å². The van der Waals surface area contributed by atoms with Crippen LogP contribution in [0, 0.1) is 0 Å². The fourth-order valence-electron chi connectivity index (χ4n) is 2.71. The molecule has 1 rings (SSSR count). The lowest BCUT2D eigenvalue weighted by atomic mass is 10.2. The summed E-state index contributed by atoms with van der Waals surface area (Å²) in [4.78, 5) is 11.9. The number of hydrogen-bond acceptors (Lipinski definition) is 2. The number of carbonyl (C=O) groups is 1. The Morgan fingerprint density at radius 2 is 1.76 bits per heavy atom. The predicted molar refractivity (Wildman–Crippen MR) is 74.6 cm³/mol. The molecular weight excluding hydrogens is 228 g/mol. The third-order valence-corrected chi connectivity index (χ3v) is 8.45. The molecule has 1 fully saturated rings. The Morgan fingerprint density at radius 3 is 2.35 bits per heavy atom. The van der Waals surface area contributed by atoms with Crippen molar-refractivity contribution in [2.75, 3.05) is 0 Å². The smallest absolute Gasteiger partial charge is 0.292 e. The van der Waals surface area contributed by atoms with Crippen molar-refractivity contribution < 1.29 is 9.22 Å². The Bertz CT molecular complexity index is 222. The summed E-state index contributed by atoms with van der Waals surface area (Å²) < 4.78 is 5.91. The van der Waals surface area contributed by atoms with Crippen molar-refractivity contribution in [2.24, 2.45) is 0 Å². The van der Waals surface area contributed by atoms with Gasteiger partial charge in [0, 0.05) is 6.42 Å². The summed E-state index contributed by atoms with van der Waals surface area (Å²) in [5, 5.41) is 0. The van der Waals surface area contributed by atoms with Crippen molar-refractivity contribution in [3.8, 4) is 0 Å². The van der Waals surface area contributed by atoms with Crippen molar-refractivity contribution >= 4 is 14.3 Å². The van der Waals surface area contributed by atoms with E-state index in [1.165, 1.54) is 50.6 Å². The molecule has 0 unspecified atom stereocenters. The first-order chi connectivity index (χ1) is 8.22. The minimum atomic E-state index is -1.64. The topological polar surface area (TPSA) is 26.3 Å². The minimum Gasteiger partial charge on any atom is -0.519 e. The van der Waals surface area contributed by atoms with E-state index in [1.54, 1.807) is 0 Å². The molecule has 0 aromatic heterocycles. The molecule has 1 heterocycles. The maximum atomic E-state index is 11.9. The molecule has 0 aromatic carbocycles. The Kier molecular flexibility index (Phi) is 6.86. The van der Waals surface area contributed by atoms with E-state index in [9.17, 15) is 4.79 Å². The second-order valence-electron chi connectivity index (χ2n) is 5.38. The highest BCUT2D eigenvalue weighted by molar-refractivity contribution is 6.75. The van der Waals surface area contributed by atoms with Crippen LogP contribution in [0.2, 0.25) is 18.1 Å². The van der Waals surface area contributed by atoms with Crippen LogP contribution in [0.4, 0.5) is 0 Å². The maximum Gasteiger partial charge on any atom is 0.292 e. The first-order valence-corrected chi connectivity index (χ1v) is 9.97. The molecule has 0 bridgehead atoms. The summed E-state index contributed by atoms with van der Waals surface area (Å²) in [6, 6.07) is 3.54. The summed E-state index contributed by atoms with van der Waals surface area (Å²) in [7, 11) is -1.64. The van der Waals surface area contributed by atoms with Gasteiger partial charge in [-0.1, -0.05) is 52.4 Å². The van der Waals surface area contributed by atoms with Crippen LogP contribution < -0.4 is 0 Å². The molecule has 0 aliphatic carbocycles. The van der Waals surface area contributed by atoms with Crippen LogP contribution in [-0.4, -0.2) is 14.3 Å². The van der Waals surface area contributed by atoms with Crippen LogP contribution in [0.15, 0.2) is 0 Å². The SMILES string of the molecule is CCCCCCC(=O)O[Si]1(CC)CCCCC1. The molecule has 1 aliphatic rings. The summed E-state index contributed by atoms with van der Waals surface area (Å²) in [5.41, 5.74) is 0. The van der Waals surface area contributed by atoms with Crippen LogP contribution >= 0.6 is 0 Å². The lowest BCUT2D eigenvalue weighted by molar-refractivity contribution is -0.135. The molecule has 1 aliphatic heterocycles. The highest BCUT2D eigenvalue weighted by atomic mass is 28.4. The molecule has 1 saturated heterocycles. The van der Waals surface area contributed by atoms with Gasteiger partial charge in [0.2, 0.25) is 0 Å². The zero-order valence-electron chi connectivity index (χ0n) is 11.6. The normalized spacial score (nSPS) is 18.9. The van der Waals surface area contributed by atoms with E-state index in [-0.39, 0.29) is 5.97 Å². The number of hydrogen-bond donors (Lipinski definition) is 0. The predicted octanol–water partition coefficient (Wildman–Crippen LogP) is 4.65. The second kappa shape index (κ2) is 7.91. The largest absolute Gasteiger partial charge is 0.519 e. The minimum absolute atomic E-state index is 0.0940. The van der Waals surface area contributed by atoms with Crippen LogP contribution in [0.25, 0.3) is 0 Å². The monoisotopic (exact) mass is 256 g/mol. The van der Waals surface area contributed by atoms with Crippen molar-refractivity contribution in [1.82, 2.24) is 0 Å². The molecule has 2 nitrogen and oxygen atoms in total. The fourth-order valence-corrected chi connectivity index (χ4v) is 6.39. The van der Waals surface area contributed by atoms with E-state index in [4.69, 9.17) is 4.43 Å². The first kappa shape index (κ1) is 14.7. The zero-order chi connectivity index (χ0) is 12.6. The summed E-state index contributed by atoms with van der Waals surface area (Å²) >= 11 is 0. The van der Waals surface area contributed by atoms with Crippen molar-refractivity contribution in [2.45, 2.75) is 83.3 Å². The Morgan fingerprint density at radius 1 is 1.06 bits per heavy atom. The van der Waals surface area contributed by atoms with Gasteiger partial charge in [-0.25, -0.2) is 0 Å². The van der Waals surface area contributed by atoms with Gasteiger partial charge < -0.3 is 4.43 Å². The molecule has 100 valence electrons. The molecule has 0 amide bonds. The fraction of sp³-hybridized carbons (Fsp3) is 0.929. The van der Waals surface area contributed by atoms with Gasteiger partial charge in [-0.15, -0.1) is 0 Å². The Balaban J connectivity index is 2.27. The summed E-state index contributed by atoms with van der Waals surface area (Å²) in [6.07, 6.45) is 9.20. The summed E-state index contributed by atoms with van der Waals surface area (Å²) in [6.45, 7) is 4.40. The second-order valence-corrected chi connectivity index (χ2v) is 9.66. The van der Waals surface area contributed by atoms with Crippen molar-refractivity contribution in [3.05, 3.63) is 0 Å². The highest BCUT2D eigenvalue weighted by Crippen LogP contribution is 2.32. The quantitative estimate of drug-likeness (QED) is 0.489. The van der Waals surface area contributed by atoms with E-state index in [0.29, 0.717) is 6.42 Å². The van der Waals surface area contributed by atoms with Gasteiger partial charge >= 0.3 is 0 Å². The molecule has 0 saturated carbocycles. The van der Waals surface area contributed by atoms with Gasteiger partial charge in [-0.05, 0) is 24.6 Å². The van der Waals surface area contributed by atoms with Crippen molar-refractivity contribution in [3.63, 3.8) is 0 Å². The van der Waals surface area contributed by atoms with Crippen LogP contribution in [0.3, 0.4) is 0 Å². The van der Waals surface area contributed by atoms with E-state index < -0.39 is 8.32 Å². The van der Waals surface area contributed by atoms with E-state index >= 15 is 0 Å². The van der Waals surface area contributed by atoms with E-state index in [2.05, 4.69) is 13.8 Å². The first-order valence-electron chi connectivity index (χ1n) is 7.44. The zero-order valence-corrected chi connectivity index (χ0v) is 12.6. The number of carbonyl (C=O) groups excluding carboxylic acids is 1. The number of unbranched alkanes of at least 4 members (excludes halogenated alkanes) is 3. The maximum absolute atomic E-state index is 11.9. The molecule has 0 N–H and O–H groups in total. The van der Waals surface area contributed by atoms with Crippen molar-refractivity contribution in [1.29, 1.82) is 0 Å². The van der Waals surface area contributed by atoms with Crippen LogP contribution in [-0.2, 0) is 9.22 Å². The lowest BCUT2D eigenvalue weighted by Gasteiger charge is -2.33. The van der Waals surface area contributed by atoms with E-state index in [0.717, 1.165) is 12.5 Å². The standard InChI is InChI=1S/C14H28O2Si/c1-3-5-6-8-11-14(15)16-17(4-2)12-9-7-10-13-17/h3-13H2,1-2H3. The summed E-state index contributed by atoms with van der Waals surface area (Å²) in [5.74, 6) is 0.0940. The molecule has 0 spiro atoms. The Labute approximate surface area is 107 Å². The van der Waals surface area contributed by atoms with Gasteiger partial charge in [0.1, 0.15) is 0 Å².